The van der Waals surface area contributed by atoms with Gasteiger partial charge < -0.3 is 29.9 Å². The van der Waals surface area contributed by atoms with E-state index in [1.165, 1.54) is 0 Å². The van der Waals surface area contributed by atoms with Gasteiger partial charge >= 0.3 is 5.97 Å². The molecule has 1 aliphatic heterocycles. The molecule has 90 valence electrons. The van der Waals surface area contributed by atoms with Gasteiger partial charge in [0.15, 0.2) is 19.0 Å². The third-order valence-electron chi connectivity index (χ3n) is 2.12. The van der Waals surface area contributed by atoms with Gasteiger partial charge in [-0.2, -0.15) is 0 Å². The highest BCUT2D eigenvalue weighted by molar-refractivity contribution is 5.76. The number of terminal acetylenes is 1. The molecule has 0 spiro atoms. The average Bonchev–Trinajstić information content (AvgIpc) is 2.28. The maximum absolute atomic E-state index is 11.3. The molecule has 0 bridgehead atoms. The van der Waals surface area contributed by atoms with E-state index < -0.39 is 36.7 Å². The highest BCUT2D eigenvalue weighted by atomic mass is 16.7. The van der Waals surface area contributed by atoms with Crippen molar-refractivity contribution in [3.8, 4) is 12.3 Å². The molecule has 0 aliphatic carbocycles. The molecule has 0 amide bonds. The predicted octanol–water partition coefficient (Wildman–Crippen LogP) is -3.04. The zero-order valence-electron chi connectivity index (χ0n) is 8.18. The molecule has 4 N–H and O–H groups in total. The second kappa shape index (κ2) is 5.25. The maximum Gasteiger partial charge on any atom is 0.339 e. The lowest BCUT2D eigenvalue weighted by atomic mass is 9.99. The highest BCUT2D eigenvalue weighted by Gasteiger charge is 2.46. The molecule has 1 saturated heterocycles. The van der Waals surface area contributed by atoms with Gasteiger partial charge in [-0.3, -0.25) is 0 Å². The Morgan fingerprint density at radius 1 is 1.25 bits per heavy atom. The van der Waals surface area contributed by atoms with Crippen molar-refractivity contribution in [1.82, 2.24) is 0 Å². The summed E-state index contributed by atoms with van der Waals surface area (Å²) in [6, 6.07) is 0. The topological polar surface area (TPSA) is 116 Å². The van der Waals surface area contributed by atoms with E-state index in [2.05, 4.69) is 9.47 Å². The molecule has 1 heterocycles. The van der Waals surface area contributed by atoms with Crippen LogP contribution in [0.4, 0.5) is 0 Å². The molecular formula is C9H12O7. The Balaban J connectivity index is 2.67. The largest absolute Gasteiger partial charge is 0.451 e. The van der Waals surface area contributed by atoms with Crippen molar-refractivity contribution in [2.24, 2.45) is 0 Å². The molecule has 1 fully saturated rings. The van der Waals surface area contributed by atoms with Gasteiger partial charge in [-0.1, -0.05) is 5.92 Å². The van der Waals surface area contributed by atoms with E-state index in [1.54, 1.807) is 0 Å². The molecule has 16 heavy (non-hydrogen) atoms. The zero-order valence-corrected chi connectivity index (χ0v) is 8.18. The van der Waals surface area contributed by atoms with Crippen LogP contribution in [0.2, 0.25) is 0 Å². The van der Waals surface area contributed by atoms with E-state index in [4.69, 9.17) is 16.6 Å². The van der Waals surface area contributed by atoms with Crippen LogP contribution in [0.5, 0.6) is 0 Å². The van der Waals surface area contributed by atoms with Crippen LogP contribution in [0.25, 0.3) is 0 Å². The van der Waals surface area contributed by atoms with Crippen molar-refractivity contribution < 1.29 is 34.7 Å². The van der Waals surface area contributed by atoms with Crippen molar-refractivity contribution in [3.05, 3.63) is 0 Å². The summed E-state index contributed by atoms with van der Waals surface area (Å²) in [4.78, 5) is 11.3. The van der Waals surface area contributed by atoms with E-state index in [9.17, 15) is 15.0 Å². The van der Waals surface area contributed by atoms with Gasteiger partial charge in [-0.05, 0) is 0 Å². The number of hydrogen-bond donors (Lipinski definition) is 4. The molecule has 0 saturated carbocycles. The molecular weight excluding hydrogens is 220 g/mol. The van der Waals surface area contributed by atoms with E-state index in [0.29, 0.717) is 0 Å². The number of carbonyl (C=O) groups is 1. The monoisotopic (exact) mass is 232 g/mol. The predicted molar refractivity (Wildman–Crippen MR) is 48.7 cm³/mol. The van der Waals surface area contributed by atoms with Gasteiger partial charge in [0.25, 0.3) is 0 Å². The first kappa shape index (κ1) is 12.9. The smallest absolute Gasteiger partial charge is 0.339 e. The van der Waals surface area contributed by atoms with E-state index >= 15 is 0 Å². The first-order valence-electron chi connectivity index (χ1n) is 4.47. The van der Waals surface area contributed by atoms with Crippen LogP contribution in [0.15, 0.2) is 0 Å². The number of hydrogen-bond acceptors (Lipinski definition) is 7. The number of aliphatic hydroxyl groups is 4. The minimum atomic E-state index is -1.78. The molecule has 0 unspecified atom stereocenters. The lowest BCUT2D eigenvalue weighted by Crippen LogP contribution is -2.59. The molecule has 7 nitrogen and oxygen atoms in total. The number of esters is 1. The van der Waals surface area contributed by atoms with Crippen LogP contribution in [0.1, 0.15) is 0 Å². The minimum absolute atomic E-state index is 0.319. The Bertz CT molecular complexity index is 297. The third-order valence-corrected chi connectivity index (χ3v) is 2.12. The third kappa shape index (κ3) is 2.49. The van der Waals surface area contributed by atoms with Gasteiger partial charge in [-0.25, -0.2) is 4.79 Å². The van der Waals surface area contributed by atoms with Crippen LogP contribution < -0.4 is 0 Å². The summed E-state index contributed by atoms with van der Waals surface area (Å²) in [6.45, 7) is -0.319. The Labute approximate surface area is 91.2 Å². The van der Waals surface area contributed by atoms with Crippen LogP contribution >= 0.6 is 0 Å². The summed E-state index contributed by atoms with van der Waals surface area (Å²) in [5.74, 6) is 1.01. The zero-order chi connectivity index (χ0) is 12.3. The number of rotatable bonds is 2. The fourth-order valence-corrected chi connectivity index (χ4v) is 1.25. The summed E-state index contributed by atoms with van der Waals surface area (Å²) in [5, 5.41) is 36.9. The van der Waals surface area contributed by atoms with Crippen molar-refractivity contribution >= 4 is 5.97 Å². The number of carbonyl (C=O) groups excluding carboxylic acids is 1. The van der Waals surface area contributed by atoms with Crippen LogP contribution in [-0.2, 0) is 14.3 Å². The normalized spacial score (nSPS) is 38.8. The van der Waals surface area contributed by atoms with E-state index in [-0.39, 0.29) is 6.61 Å². The quantitative estimate of drug-likeness (QED) is 0.295. The Morgan fingerprint density at radius 2 is 1.88 bits per heavy atom. The average molecular weight is 232 g/mol. The van der Waals surface area contributed by atoms with Crippen molar-refractivity contribution in [2.75, 3.05) is 6.61 Å². The first-order valence-corrected chi connectivity index (χ1v) is 4.47. The fourth-order valence-electron chi connectivity index (χ4n) is 1.25. The number of aliphatic hydroxyl groups excluding tert-OH is 4. The lowest BCUT2D eigenvalue weighted by molar-refractivity contribution is -0.280. The molecule has 1 rings (SSSR count). The maximum atomic E-state index is 11.3. The SMILES string of the molecule is C#CCOC(=O)[C@H]1O[C@@H](O)[C@H](O)[C@@H](O)[C@@H]1O. The number of ether oxygens (including phenoxy) is 2. The van der Waals surface area contributed by atoms with Gasteiger partial charge in [0, 0.05) is 0 Å². The minimum Gasteiger partial charge on any atom is -0.451 e. The van der Waals surface area contributed by atoms with Crippen LogP contribution in [0, 0.1) is 12.3 Å². The van der Waals surface area contributed by atoms with E-state index in [1.807, 2.05) is 5.92 Å². The standard InChI is InChI=1S/C9H12O7/c1-2-3-15-9(14)7-5(11)4(10)6(12)8(13)16-7/h1,4-8,10-13H,3H2/t4-,5-,6+,7-,8+/m0/s1. The van der Waals surface area contributed by atoms with Crippen LogP contribution in [-0.4, -0.2) is 63.7 Å². The second-order valence-corrected chi connectivity index (χ2v) is 3.23. The van der Waals surface area contributed by atoms with Gasteiger partial charge in [0.1, 0.15) is 18.3 Å². The van der Waals surface area contributed by atoms with Gasteiger partial charge in [0.05, 0.1) is 0 Å². The van der Waals surface area contributed by atoms with Gasteiger partial charge in [0.2, 0.25) is 0 Å². The van der Waals surface area contributed by atoms with Crippen molar-refractivity contribution in [2.45, 2.75) is 30.7 Å². The van der Waals surface area contributed by atoms with Gasteiger partial charge in [-0.15, -0.1) is 6.42 Å². The highest BCUT2D eigenvalue weighted by Crippen LogP contribution is 2.20. The summed E-state index contributed by atoms with van der Waals surface area (Å²) in [6.07, 6.45) is -3.59. The Hall–Kier alpha value is -1.17. The Morgan fingerprint density at radius 3 is 2.44 bits per heavy atom. The molecule has 0 radical (unpaired) electrons. The summed E-state index contributed by atoms with van der Waals surface area (Å²) < 4.78 is 9.06. The summed E-state index contributed by atoms with van der Waals surface area (Å²) in [5.41, 5.74) is 0. The molecule has 5 atom stereocenters. The molecule has 0 aromatic rings. The summed E-state index contributed by atoms with van der Waals surface area (Å²) in [7, 11) is 0. The molecule has 0 aromatic heterocycles. The van der Waals surface area contributed by atoms with Crippen molar-refractivity contribution in [1.29, 1.82) is 0 Å². The lowest BCUT2D eigenvalue weighted by Gasteiger charge is -2.36. The Kier molecular flexibility index (Phi) is 4.23. The van der Waals surface area contributed by atoms with Crippen LogP contribution in [0.3, 0.4) is 0 Å². The van der Waals surface area contributed by atoms with E-state index in [0.717, 1.165) is 0 Å². The molecule has 1 aliphatic rings. The fraction of sp³-hybridized carbons (Fsp3) is 0.667. The van der Waals surface area contributed by atoms with Crippen molar-refractivity contribution in [3.63, 3.8) is 0 Å². The molecule has 0 aromatic carbocycles. The molecule has 7 heteroatoms. The summed E-state index contributed by atoms with van der Waals surface area (Å²) >= 11 is 0. The second-order valence-electron chi connectivity index (χ2n) is 3.23. The first-order chi connectivity index (χ1) is 7.49.